The van der Waals surface area contributed by atoms with Crippen molar-refractivity contribution in [2.24, 2.45) is 5.92 Å². The largest absolute Gasteiger partial charge is 0.338 e. The van der Waals surface area contributed by atoms with E-state index in [1.165, 1.54) is 11.6 Å². The summed E-state index contributed by atoms with van der Waals surface area (Å²) in [6, 6.07) is 12.6. The third-order valence-corrected chi connectivity index (χ3v) is 4.52. The zero-order chi connectivity index (χ0) is 18.0. The molecule has 130 valence electrons. The fourth-order valence-corrected chi connectivity index (χ4v) is 2.93. The Bertz CT molecular complexity index is 802. The smallest absolute Gasteiger partial charge is 0.229 e. The van der Waals surface area contributed by atoms with Crippen LogP contribution in [0.4, 0.5) is 10.1 Å². The predicted molar refractivity (Wildman–Crippen MR) is 94.5 cm³/mol. The highest BCUT2D eigenvalue weighted by Gasteiger charge is 2.34. The summed E-state index contributed by atoms with van der Waals surface area (Å²) in [5, 5.41) is 2.71. The fraction of sp³-hybridized carbons (Fsp3) is 0.300. The van der Waals surface area contributed by atoms with Crippen LogP contribution in [0.25, 0.3) is 0 Å². The standard InChI is InChI=1S/C20H21FN2O2/c1-13-3-6-15(7-4-13)11-23-12-16(9-19(23)24)20(25)22-17-8-5-14(2)18(21)10-17/h3-8,10,16H,9,11-12H2,1-2H3,(H,22,25). The minimum atomic E-state index is -0.415. The maximum Gasteiger partial charge on any atom is 0.229 e. The molecule has 1 atom stereocenters. The first-order valence-electron chi connectivity index (χ1n) is 8.32. The molecule has 0 aliphatic carbocycles. The summed E-state index contributed by atoms with van der Waals surface area (Å²) in [5.41, 5.74) is 3.15. The molecule has 3 rings (SSSR count). The Morgan fingerprint density at radius 2 is 1.92 bits per heavy atom. The SMILES string of the molecule is Cc1ccc(CN2CC(C(=O)Nc3ccc(C)c(F)c3)CC2=O)cc1. The molecule has 0 saturated carbocycles. The highest BCUT2D eigenvalue weighted by Crippen LogP contribution is 2.22. The van der Waals surface area contributed by atoms with Crippen molar-refractivity contribution in [3.8, 4) is 0 Å². The Balaban J connectivity index is 1.62. The molecule has 4 nitrogen and oxygen atoms in total. The minimum Gasteiger partial charge on any atom is -0.338 e. The molecule has 0 bridgehead atoms. The van der Waals surface area contributed by atoms with Crippen LogP contribution in [0.5, 0.6) is 0 Å². The van der Waals surface area contributed by atoms with Gasteiger partial charge in [0, 0.05) is 25.2 Å². The van der Waals surface area contributed by atoms with Gasteiger partial charge in [0.2, 0.25) is 11.8 Å². The molecule has 1 aliphatic heterocycles. The molecule has 0 spiro atoms. The molecule has 0 aromatic heterocycles. The highest BCUT2D eigenvalue weighted by molar-refractivity contribution is 5.97. The van der Waals surface area contributed by atoms with Gasteiger partial charge in [-0.3, -0.25) is 9.59 Å². The summed E-state index contributed by atoms with van der Waals surface area (Å²) >= 11 is 0. The number of aryl methyl sites for hydroxylation is 2. The molecule has 5 heteroatoms. The van der Waals surface area contributed by atoms with E-state index in [1.54, 1.807) is 24.0 Å². The van der Waals surface area contributed by atoms with Gasteiger partial charge in [-0.15, -0.1) is 0 Å². The maximum absolute atomic E-state index is 13.6. The molecule has 1 saturated heterocycles. The first-order valence-corrected chi connectivity index (χ1v) is 8.32. The summed E-state index contributed by atoms with van der Waals surface area (Å²) in [6.45, 7) is 4.56. The lowest BCUT2D eigenvalue weighted by atomic mass is 10.1. The van der Waals surface area contributed by atoms with Crippen LogP contribution in [0.3, 0.4) is 0 Å². The van der Waals surface area contributed by atoms with E-state index in [0.29, 0.717) is 24.3 Å². The lowest BCUT2D eigenvalue weighted by Gasteiger charge is -2.17. The van der Waals surface area contributed by atoms with Crippen molar-refractivity contribution in [1.29, 1.82) is 0 Å². The third kappa shape index (κ3) is 4.05. The number of carbonyl (C=O) groups is 2. The number of hydrogen-bond acceptors (Lipinski definition) is 2. The van der Waals surface area contributed by atoms with E-state index in [-0.39, 0.29) is 24.1 Å². The van der Waals surface area contributed by atoms with Gasteiger partial charge in [-0.05, 0) is 37.1 Å². The van der Waals surface area contributed by atoms with Gasteiger partial charge < -0.3 is 10.2 Å². The number of carbonyl (C=O) groups excluding carboxylic acids is 2. The number of hydrogen-bond donors (Lipinski definition) is 1. The Hall–Kier alpha value is -2.69. The van der Waals surface area contributed by atoms with E-state index in [4.69, 9.17) is 0 Å². The number of benzene rings is 2. The molecule has 1 N–H and O–H groups in total. The maximum atomic E-state index is 13.6. The molecule has 2 aromatic rings. The quantitative estimate of drug-likeness (QED) is 0.927. The van der Waals surface area contributed by atoms with E-state index < -0.39 is 5.92 Å². The van der Waals surface area contributed by atoms with Crippen LogP contribution >= 0.6 is 0 Å². The van der Waals surface area contributed by atoms with E-state index in [1.807, 2.05) is 31.2 Å². The second-order valence-electron chi connectivity index (χ2n) is 6.61. The highest BCUT2D eigenvalue weighted by atomic mass is 19.1. The van der Waals surface area contributed by atoms with Crippen LogP contribution in [0, 0.1) is 25.6 Å². The van der Waals surface area contributed by atoms with Gasteiger partial charge in [0.15, 0.2) is 0 Å². The van der Waals surface area contributed by atoms with Gasteiger partial charge in [-0.2, -0.15) is 0 Å². The lowest BCUT2D eigenvalue weighted by Crippen LogP contribution is -2.28. The van der Waals surface area contributed by atoms with Gasteiger partial charge in [-0.1, -0.05) is 35.9 Å². The van der Waals surface area contributed by atoms with E-state index in [9.17, 15) is 14.0 Å². The van der Waals surface area contributed by atoms with Crippen LogP contribution in [-0.2, 0) is 16.1 Å². The zero-order valence-corrected chi connectivity index (χ0v) is 14.4. The Labute approximate surface area is 146 Å². The van der Waals surface area contributed by atoms with Crippen molar-refractivity contribution in [1.82, 2.24) is 4.90 Å². The number of nitrogens with zero attached hydrogens (tertiary/aromatic N) is 1. The molecule has 0 radical (unpaired) electrons. The molecule has 2 amide bonds. The topological polar surface area (TPSA) is 49.4 Å². The van der Waals surface area contributed by atoms with Gasteiger partial charge in [0.1, 0.15) is 5.82 Å². The van der Waals surface area contributed by atoms with Crippen LogP contribution in [0.2, 0.25) is 0 Å². The van der Waals surface area contributed by atoms with Gasteiger partial charge in [0.25, 0.3) is 0 Å². The van der Waals surface area contributed by atoms with E-state index in [0.717, 1.165) is 5.56 Å². The first kappa shape index (κ1) is 17.1. The van der Waals surface area contributed by atoms with Gasteiger partial charge in [-0.25, -0.2) is 4.39 Å². The monoisotopic (exact) mass is 340 g/mol. The molecule has 2 aromatic carbocycles. The number of halogens is 1. The minimum absolute atomic E-state index is 0.0317. The summed E-state index contributed by atoms with van der Waals surface area (Å²) in [4.78, 5) is 26.3. The molecule has 1 aliphatic rings. The average molecular weight is 340 g/mol. The summed E-state index contributed by atoms with van der Waals surface area (Å²) in [7, 11) is 0. The molecular formula is C20H21FN2O2. The van der Waals surface area contributed by atoms with Gasteiger partial charge >= 0.3 is 0 Å². The van der Waals surface area contributed by atoms with Crippen molar-refractivity contribution < 1.29 is 14.0 Å². The van der Waals surface area contributed by atoms with Crippen LogP contribution in [0.1, 0.15) is 23.1 Å². The van der Waals surface area contributed by atoms with Crippen LogP contribution < -0.4 is 5.32 Å². The molecule has 1 fully saturated rings. The van der Waals surface area contributed by atoms with Crippen molar-refractivity contribution in [3.63, 3.8) is 0 Å². The summed E-state index contributed by atoms with van der Waals surface area (Å²) in [6.07, 6.45) is 0.187. The van der Waals surface area contributed by atoms with Crippen molar-refractivity contribution >= 4 is 17.5 Å². The van der Waals surface area contributed by atoms with Crippen LogP contribution in [0.15, 0.2) is 42.5 Å². The number of nitrogens with one attached hydrogen (secondary N) is 1. The second kappa shape index (κ2) is 7.05. The van der Waals surface area contributed by atoms with Crippen LogP contribution in [-0.4, -0.2) is 23.3 Å². The van der Waals surface area contributed by atoms with Crippen molar-refractivity contribution in [2.45, 2.75) is 26.8 Å². The van der Waals surface area contributed by atoms with E-state index in [2.05, 4.69) is 5.32 Å². The number of rotatable bonds is 4. The third-order valence-electron chi connectivity index (χ3n) is 4.52. The Morgan fingerprint density at radius 1 is 1.20 bits per heavy atom. The normalized spacial score (nSPS) is 17.0. The fourth-order valence-electron chi connectivity index (χ4n) is 2.93. The average Bonchev–Trinajstić information content (AvgIpc) is 2.94. The van der Waals surface area contributed by atoms with E-state index >= 15 is 0 Å². The molecular weight excluding hydrogens is 319 g/mol. The second-order valence-corrected chi connectivity index (χ2v) is 6.61. The molecule has 1 heterocycles. The lowest BCUT2D eigenvalue weighted by molar-refractivity contribution is -0.128. The number of anilines is 1. The zero-order valence-electron chi connectivity index (χ0n) is 14.4. The first-order chi connectivity index (χ1) is 11.9. The summed E-state index contributed by atoms with van der Waals surface area (Å²) in [5.74, 6) is -1.05. The summed E-state index contributed by atoms with van der Waals surface area (Å²) < 4.78 is 13.6. The van der Waals surface area contributed by atoms with Gasteiger partial charge in [0.05, 0.1) is 5.92 Å². The number of amides is 2. The molecule has 1 unspecified atom stereocenters. The molecule has 25 heavy (non-hydrogen) atoms. The Morgan fingerprint density at radius 3 is 2.60 bits per heavy atom. The van der Waals surface area contributed by atoms with Crippen molar-refractivity contribution in [3.05, 3.63) is 65.0 Å². The number of likely N-dealkylation sites (tertiary alicyclic amines) is 1. The van der Waals surface area contributed by atoms with Crippen molar-refractivity contribution in [2.75, 3.05) is 11.9 Å². The Kier molecular flexibility index (Phi) is 4.83. The predicted octanol–water partition coefficient (Wildman–Crippen LogP) is 3.43.